The van der Waals surface area contributed by atoms with Crippen LogP contribution in [0.25, 0.3) is 10.1 Å². The first kappa shape index (κ1) is 9.52. The summed E-state index contributed by atoms with van der Waals surface area (Å²) in [6.07, 6.45) is 0. The highest BCUT2D eigenvalue weighted by Crippen LogP contribution is 2.25. The van der Waals surface area contributed by atoms with Gasteiger partial charge in [0, 0.05) is 20.7 Å². The molecule has 72 valence electrons. The highest BCUT2D eigenvalue weighted by molar-refractivity contribution is 7.19. The number of benzene rings is 1. The Morgan fingerprint density at radius 2 is 2.00 bits per heavy atom. The number of thiophene rings is 1. The minimum Gasteiger partial charge on any atom is -0.423 e. The number of aryl methyl sites for hydroxylation is 1. The molecule has 0 atom stereocenters. The maximum Gasteiger partial charge on any atom is 0.490 e. The van der Waals surface area contributed by atoms with Crippen LogP contribution in [0.3, 0.4) is 0 Å². The number of anilines is 1. The maximum absolute atomic E-state index is 9.05. The summed E-state index contributed by atoms with van der Waals surface area (Å²) in [6.45, 7) is 2.01. The summed E-state index contributed by atoms with van der Waals surface area (Å²) in [7, 11) is -1.50. The van der Waals surface area contributed by atoms with Crippen molar-refractivity contribution in [2.75, 3.05) is 5.73 Å². The quantitative estimate of drug-likeness (QED) is 0.470. The Morgan fingerprint density at radius 3 is 2.64 bits per heavy atom. The fourth-order valence-corrected chi connectivity index (χ4v) is 2.43. The molecule has 1 aromatic heterocycles. The van der Waals surface area contributed by atoms with Crippen molar-refractivity contribution in [3.05, 3.63) is 23.1 Å². The average molecular weight is 207 g/mol. The average Bonchev–Trinajstić information content (AvgIpc) is 2.42. The largest absolute Gasteiger partial charge is 0.490 e. The van der Waals surface area contributed by atoms with E-state index < -0.39 is 7.12 Å². The molecular formula is C9H10BNO2S. The zero-order valence-electron chi connectivity index (χ0n) is 7.69. The van der Waals surface area contributed by atoms with Gasteiger partial charge in [0.05, 0.1) is 0 Å². The molecule has 1 heterocycles. The van der Waals surface area contributed by atoms with E-state index in [2.05, 4.69) is 0 Å². The molecule has 0 spiro atoms. The smallest absolute Gasteiger partial charge is 0.423 e. The van der Waals surface area contributed by atoms with Crippen molar-refractivity contribution in [2.24, 2.45) is 0 Å². The van der Waals surface area contributed by atoms with Crippen LogP contribution in [0.5, 0.6) is 0 Å². The first-order valence-electron chi connectivity index (χ1n) is 4.23. The second-order valence-corrected chi connectivity index (χ2v) is 4.54. The summed E-state index contributed by atoms with van der Waals surface area (Å²) in [5.74, 6) is 0. The van der Waals surface area contributed by atoms with Gasteiger partial charge in [-0.25, -0.2) is 0 Å². The Hall–Kier alpha value is -1.04. The van der Waals surface area contributed by atoms with E-state index in [9.17, 15) is 0 Å². The van der Waals surface area contributed by atoms with Gasteiger partial charge >= 0.3 is 7.12 Å². The van der Waals surface area contributed by atoms with Gasteiger partial charge < -0.3 is 15.8 Å². The van der Waals surface area contributed by atoms with Gasteiger partial charge in [-0.3, -0.25) is 0 Å². The molecule has 1 aromatic carbocycles. The summed E-state index contributed by atoms with van der Waals surface area (Å²) in [5, 5.41) is 19.1. The molecular weight excluding hydrogens is 197 g/mol. The van der Waals surface area contributed by atoms with Gasteiger partial charge in [0.15, 0.2) is 0 Å². The summed E-state index contributed by atoms with van der Waals surface area (Å²) in [5.41, 5.74) is 6.48. The van der Waals surface area contributed by atoms with Crippen molar-refractivity contribution in [1.82, 2.24) is 0 Å². The van der Waals surface area contributed by atoms with Crippen molar-refractivity contribution in [1.29, 1.82) is 0 Å². The van der Waals surface area contributed by atoms with Gasteiger partial charge in [-0.15, -0.1) is 11.3 Å². The number of rotatable bonds is 1. The van der Waals surface area contributed by atoms with E-state index in [0.29, 0.717) is 11.2 Å². The van der Waals surface area contributed by atoms with Crippen LogP contribution >= 0.6 is 11.3 Å². The third kappa shape index (κ3) is 1.50. The Labute approximate surface area is 85.9 Å². The van der Waals surface area contributed by atoms with E-state index in [4.69, 9.17) is 15.8 Å². The molecule has 14 heavy (non-hydrogen) atoms. The Kier molecular flexibility index (Phi) is 2.22. The summed E-state index contributed by atoms with van der Waals surface area (Å²) >= 11 is 1.64. The van der Waals surface area contributed by atoms with Crippen LogP contribution in [-0.2, 0) is 0 Å². The first-order valence-corrected chi connectivity index (χ1v) is 5.05. The number of nitrogen functional groups attached to an aromatic ring is 1. The van der Waals surface area contributed by atoms with Crippen LogP contribution in [0.4, 0.5) is 5.69 Å². The Balaban J connectivity index is 2.70. The standard InChI is InChI=1S/C9H10BNO2S/c1-5-2-6-3-7(10(12)13)8(11)4-9(6)14-5/h2-4,12-13H,11H2,1H3. The highest BCUT2D eigenvalue weighted by Gasteiger charge is 2.15. The lowest BCUT2D eigenvalue weighted by Crippen LogP contribution is -2.32. The SMILES string of the molecule is Cc1cc2cc(B(O)O)c(N)cc2s1. The van der Waals surface area contributed by atoms with Crippen LogP contribution < -0.4 is 11.2 Å². The third-order valence-electron chi connectivity index (χ3n) is 2.12. The Morgan fingerprint density at radius 1 is 1.29 bits per heavy atom. The molecule has 4 N–H and O–H groups in total. The van der Waals surface area contributed by atoms with Gasteiger partial charge in [-0.2, -0.15) is 0 Å². The molecule has 0 aliphatic rings. The lowest BCUT2D eigenvalue weighted by molar-refractivity contribution is 0.426. The molecule has 0 aliphatic heterocycles. The number of hydrogen-bond acceptors (Lipinski definition) is 4. The molecule has 0 fully saturated rings. The monoisotopic (exact) mass is 207 g/mol. The summed E-state index contributed by atoms with van der Waals surface area (Å²) in [4.78, 5) is 1.18. The number of nitrogens with two attached hydrogens (primary N) is 1. The van der Waals surface area contributed by atoms with E-state index in [1.807, 2.05) is 13.0 Å². The maximum atomic E-state index is 9.05. The van der Waals surface area contributed by atoms with Crippen LogP contribution in [0.15, 0.2) is 18.2 Å². The van der Waals surface area contributed by atoms with E-state index in [-0.39, 0.29) is 0 Å². The molecule has 0 unspecified atom stereocenters. The fraction of sp³-hybridized carbons (Fsp3) is 0.111. The van der Waals surface area contributed by atoms with Gasteiger partial charge in [0.2, 0.25) is 0 Å². The molecule has 2 rings (SSSR count). The number of fused-ring (bicyclic) bond motifs is 1. The zero-order valence-corrected chi connectivity index (χ0v) is 8.51. The lowest BCUT2D eigenvalue weighted by atomic mass is 9.78. The van der Waals surface area contributed by atoms with Crippen molar-refractivity contribution in [3.63, 3.8) is 0 Å². The van der Waals surface area contributed by atoms with Crippen molar-refractivity contribution < 1.29 is 10.0 Å². The van der Waals surface area contributed by atoms with E-state index in [1.54, 1.807) is 23.5 Å². The minimum atomic E-state index is -1.50. The third-order valence-corrected chi connectivity index (χ3v) is 3.14. The molecule has 0 bridgehead atoms. The molecule has 0 saturated carbocycles. The normalized spacial score (nSPS) is 10.8. The fourth-order valence-electron chi connectivity index (χ4n) is 1.48. The Bertz CT molecular complexity index is 481. The van der Waals surface area contributed by atoms with Crippen LogP contribution in [0.1, 0.15) is 4.88 Å². The van der Waals surface area contributed by atoms with Gasteiger partial charge in [0.1, 0.15) is 0 Å². The summed E-state index contributed by atoms with van der Waals surface area (Å²) < 4.78 is 1.07. The highest BCUT2D eigenvalue weighted by atomic mass is 32.1. The molecule has 2 aromatic rings. The number of hydrogen-bond donors (Lipinski definition) is 3. The molecule has 0 saturated heterocycles. The topological polar surface area (TPSA) is 66.5 Å². The second kappa shape index (κ2) is 3.27. The van der Waals surface area contributed by atoms with E-state index >= 15 is 0 Å². The van der Waals surface area contributed by atoms with Crippen LogP contribution in [0.2, 0.25) is 0 Å². The van der Waals surface area contributed by atoms with E-state index in [0.717, 1.165) is 10.1 Å². The van der Waals surface area contributed by atoms with E-state index in [1.165, 1.54) is 4.88 Å². The second-order valence-electron chi connectivity index (χ2n) is 3.25. The van der Waals surface area contributed by atoms with Crippen LogP contribution in [0, 0.1) is 6.92 Å². The molecule has 0 amide bonds. The molecule has 0 radical (unpaired) electrons. The van der Waals surface area contributed by atoms with Crippen molar-refractivity contribution in [3.8, 4) is 0 Å². The predicted molar refractivity (Wildman–Crippen MR) is 60.8 cm³/mol. The first-order chi connectivity index (χ1) is 6.58. The van der Waals surface area contributed by atoms with Crippen molar-refractivity contribution in [2.45, 2.75) is 6.92 Å². The summed E-state index contributed by atoms with van der Waals surface area (Å²) in [6, 6.07) is 5.51. The zero-order chi connectivity index (χ0) is 10.3. The molecule has 0 aliphatic carbocycles. The van der Waals surface area contributed by atoms with Gasteiger partial charge in [-0.1, -0.05) is 6.07 Å². The minimum absolute atomic E-state index is 0.371. The lowest BCUT2D eigenvalue weighted by Gasteiger charge is -2.03. The van der Waals surface area contributed by atoms with Crippen molar-refractivity contribution >= 4 is 39.7 Å². The van der Waals surface area contributed by atoms with Crippen LogP contribution in [-0.4, -0.2) is 17.2 Å². The molecule has 5 heteroatoms. The van der Waals surface area contributed by atoms with Gasteiger partial charge in [-0.05, 0) is 24.4 Å². The predicted octanol–water partition coefficient (Wildman–Crippen LogP) is 0.472. The molecule has 3 nitrogen and oxygen atoms in total. The van der Waals surface area contributed by atoms with Gasteiger partial charge in [0.25, 0.3) is 0 Å².